The molecule has 10 aromatic rings. The number of thiophene rings is 2. The van der Waals surface area contributed by atoms with Crippen LogP contribution < -0.4 is 5.32 Å². The Morgan fingerprint density at radius 2 is 0.647 bits per heavy atom. The first-order valence-corrected chi connectivity index (χ1v) is 18.8. The van der Waals surface area contributed by atoms with Gasteiger partial charge in [-0.15, -0.1) is 22.7 Å². The van der Waals surface area contributed by atoms with E-state index in [4.69, 9.17) is 0 Å². The Balaban J connectivity index is 0.000000223. The van der Waals surface area contributed by atoms with Crippen molar-refractivity contribution < 1.29 is 0 Å². The summed E-state index contributed by atoms with van der Waals surface area (Å²) in [5.74, 6) is 0. The first kappa shape index (κ1) is 31.0. The van der Waals surface area contributed by atoms with Crippen LogP contribution in [0.25, 0.3) is 73.7 Å². The van der Waals surface area contributed by atoms with Crippen LogP contribution in [0.2, 0.25) is 0 Å². The maximum absolute atomic E-state index is 3.56. The lowest BCUT2D eigenvalue weighted by Gasteiger charge is -2.13. The molecule has 0 spiro atoms. The van der Waals surface area contributed by atoms with Crippen molar-refractivity contribution in [2.45, 2.75) is 0 Å². The van der Waals surface area contributed by atoms with Crippen LogP contribution in [-0.2, 0) is 0 Å². The first-order chi connectivity index (χ1) is 25.3. The third kappa shape index (κ3) is 6.30. The second-order valence-electron chi connectivity index (χ2n) is 12.6. The Labute approximate surface area is 305 Å². The van der Waals surface area contributed by atoms with E-state index >= 15 is 0 Å². The van der Waals surface area contributed by atoms with Gasteiger partial charge in [-0.25, -0.2) is 0 Å². The largest absolute Gasteiger partial charge is 0.356 e. The van der Waals surface area contributed by atoms with E-state index < -0.39 is 0 Å². The highest BCUT2D eigenvalue weighted by Gasteiger charge is 2.13. The average Bonchev–Trinajstić information content (AvgIpc) is 3.77. The predicted molar refractivity (Wildman–Crippen MR) is 225 cm³/mol. The third-order valence-corrected chi connectivity index (χ3v) is 11.6. The van der Waals surface area contributed by atoms with Gasteiger partial charge in [0, 0.05) is 51.7 Å². The molecule has 0 bridgehead atoms. The van der Waals surface area contributed by atoms with Crippen molar-refractivity contribution in [1.82, 2.24) is 0 Å². The molecule has 2 heterocycles. The van der Waals surface area contributed by atoms with Crippen LogP contribution in [-0.4, -0.2) is 0 Å². The van der Waals surface area contributed by atoms with E-state index in [1.165, 1.54) is 73.7 Å². The van der Waals surface area contributed by atoms with Crippen LogP contribution in [0.3, 0.4) is 0 Å². The molecule has 2 aromatic heterocycles. The topological polar surface area (TPSA) is 12.0 Å². The van der Waals surface area contributed by atoms with Crippen molar-refractivity contribution in [1.29, 1.82) is 0 Å². The zero-order chi connectivity index (χ0) is 34.0. The van der Waals surface area contributed by atoms with Crippen molar-refractivity contribution in [3.05, 3.63) is 194 Å². The fourth-order valence-corrected chi connectivity index (χ4v) is 9.05. The summed E-state index contributed by atoms with van der Waals surface area (Å²) in [7, 11) is 0. The third-order valence-electron chi connectivity index (χ3n) is 9.36. The molecular formula is C48H33NS2. The highest BCUT2D eigenvalue weighted by Crippen LogP contribution is 2.42. The summed E-state index contributed by atoms with van der Waals surface area (Å²) in [5.41, 5.74) is 9.57. The zero-order valence-electron chi connectivity index (χ0n) is 27.8. The van der Waals surface area contributed by atoms with Crippen molar-refractivity contribution in [2.24, 2.45) is 0 Å². The Hall–Kier alpha value is -6.00. The van der Waals surface area contributed by atoms with Crippen LogP contribution in [0, 0.1) is 0 Å². The SMILES string of the molecule is c1ccc(-c2ccc(Nc3ccc(-c4cc5sc6ccccc6c5cc4-c4ccccc4)cc3)cc2)cc1.c1ccc2c(c1)sc1ccccc12. The average molecular weight is 688 g/mol. The molecule has 242 valence electrons. The minimum Gasteiger partial charge on any atom is -0.356 e. The van der Waals surface area contributed by atoms with Gasteiger partial charge in [0.15, 0.2) is 0 Å². The summed E-state index contributed by atoms with van der Waals surface area (Å²) in [6.07, 6.45) is 0. The molecule has 1 nitrogen and oxygen atoms in total. The van der Waals surface area contributed by atoms with Gasteiger partial charge in [0.05, 0.1) is 0 Å². The lowest BCUT2D eigenvalue weighted by atomic mass is 9.93. The molecule has 0 aliphatic heterocycles. The molecule has 0 aliphatic rings. The highest BCUT2D eigenvalue weighted by molar-refractivity contribution is 7.26. The highest BCUT2D eigenvalue weighted by atomic mass is 32.1. The van der Waals surface area contributed by atoms with E-state index in [0.29, 0.717) is 0 Å². The van der Waals surface area contributed by atoms with Crippen molar-refractivity contribution >= 4 is 74.4 Å². The minimum absolute atomic E-state index is 1.07. The number of hydrogen-bond acceptors (Lipinski definition) is 3. The molecule has 0 aliphatic carbocycles. The normalized spacial score (nSPS) is 11.1. The molecule has 10 rings (SSSR count). The van der Waals surface area contributed by atoms with Gasteiger partial charge in [0.25, 0.3) is 0 Å². The van der Waals surface area contributed by atoms with Crippen LogP contribution in [0.5, 0.6) is 0 Å². The monoisotopic (exact) mass is 687 g/mol. The molecule has 51 heavy (non-hydrogen) atoms. The second-order valence-corrected chi connectivity index (χ2v) is 14.8. The Morgan fingerprint density at radius 1 is 0.275 bits per heavy atom. The van der Waals surface area contributed by atoms with Gasteiger partial charge in [0.1, 0.15) is 0 Å². The number of anilines is 2. The van der Waals surface area contributed by atoms with Gasteiger partial charge < -0.3 is 5.32 Å². The number of benzene rings is 8. The molecule has 1 N–H and O–H groups in total. The van der Waals surface area contributed by atoms with E-state index in [9.17, 15) is 0 Å². The molecule has 0 fully saturated rings. The number of hydrogen-bond donors (Lipinski definition) is 1. The molecule has 8 aromatic carbocycles. The molecule has 0 radical (unpaired) electrons. The molecule has 0 atom stereocenters. The molecular weight excluding hydrogens is 655 g/mol. The summed E-state index contributed by atoms with van der Waals surface area (Å²) in [6, 6.07) is 69.2. The summed E-state index contributed by atoms with van der Waals surface area (Å²) in [4.78, 5) is 0. The van der Waals surface area contributed by atoms with Gasteiger partial charge in [-0.1, -0.05) is 140 Å². The van der Waals surface area contributed by atoms with Gasteiger partial charge in [-0.05, 0) is 88.0 Å². The standard InChI is InChI=1S/C36H25NS.C12H8S/c1-3-9-25(10-4-1)26-15-19-29(20-16-26)37-30-21-17-28(18-22-30)33-24-36-34(31-13-7-8-14-35(31)38-36)23-32(33)27-11-5-2-6-12-27;1-3-7-11-9(5-1)10-6-2-4-8-12(10)13-11/h1-24,37H;1-8H. The number of rotatable bonds is 5. The summed E-state index contributed by atoms with van der Waals surface area (Å²) in [6.45, 7) is 0. The van der Waals surface area contributed by atoms with E-state index in [0.717, 1.165) is 11.4 Å². The van der Waals surface area contributed by atoms with Crippen LogP contribution in [0.15, 0.2) is 194 Å². The Bertz CT molecular complexity index is 2690. The molecule has 0 amide bonds. The smallest absolute Gasteiger partial charge is 0.0384 e. The van der Waals surface area contributed by atoms with E-state index in [2.05, 4.69) is 193 Å². The minimum atomic E-state index is 1.07. The van der Waals surface area contributed by atoms with Gasteiger partial charge in [-0.3, -0.25) is 0 Å². The summed E-state index contributed by atoms with van der Waals surface area (Å²) < 4.78 is 5.41. The van der Waals surface area contributed by atoms with Crippen LogP contribution in [0.4, 0.5) is 11.4 Å². The number of nitrogens with one attached hydrogen (secondary N) is 1. The molecule has 3 heteroatoms. The maximum Gasteiger partial charge on any atom is 0.0384 e. The van der Waals surface area contributed by atoms with Crippen molar-refractivity contribution in [3.63, 3.8) is 0 Å². The fraction of sp³-hybridized carbons (Fsp3) is 0. The van der Waals surface area contributed by atoms with E-state index in [1.807, 2.05) is 28.7 Å². The zero-order valence-corrected chi connectivity index (χ0v) is 29.4. The Kier molecular flexibility index (Phi) is 8.34. The summed E-state index contributed by atoms with van der Waals surface area (Å²) in [5, 5.41) is 8.97. The van der Waals surface area contributed by atoms with Crippen LogP contribution in [0.1, 0.15) is 0 Å². The molecule has 0 saturated carbocycles. The van der Waals surface area contributed by atoms with E-state index in [1.54, 1.807) is 0 Å². The maximum atomic E-state index is 3.56. The van der Waals surface area contributed by atoms with Gasteiger partial charge in [0.2, 0.25) is 0 Å². The van der Waals surface area contributed by atoms with Crippen molar-refractivity contribution in [2.75, 3.05) is 5.32 Å². The predicted octanol–water partition coefficient (Wildman–Crippen LogP) is 14.9. The molecule has 0 unspecified atom stereocenters. The summed E-state index contributed by atoms with van der Waals surface area (Å²) >= 11 is 3.73. The van der Waals surface area contributed by atoms with Gasteiger partial charge in [-0.2, -0.15) is 0 Å². The lowest BCUT2D eigenvalue weighted by molar-refractivity contribution is 1.53. The van der Waals surface area contributed by atoms with Crippen LogP contribution >= 0.6 is 22.7 Å². The number of fused-ring (bicyclic) bond motifs is 6. The Morgan fingerprint density at radius 3 is 1.20 bits per heavy atom. The van der Waals surface area contributed by atoms with Gasteiger partial charge >= 0.3 is 0 Å². The lowest BCUT2D eigenvalue weighted by Crippen LogP contribution is -1.91. The quantitative estimate of drug-likeness (QED) is 0.190. The first-order valence-electron chi connectivity index (χ1n) is 17.2. The fourth-order valence-electron chi connectivity index (χ4n) is 6.82. The molecule has 0 saturated heterocycles. The van der Waals surface area contributed by atoms with Crippen molar-refractivity contribution in [3.8, 4) is 33.4 Å². The van der Waals surface area contributed by atoms with E-state index in [-0.39, 0.29) is 0 Å². The second kappa shape index (κ2) is 13.7.